The van der Waals surface area contributed by atoms with Gasteiger partial charge in [0.25, 0.3) is 7.82 Å². The number of phosphoric acid groups is 1. The SMILES string of the molecule is CCCCCOP(=O)([O-])OCCCCC.[Nd]. The van der Waals surface area contributed by atoms with Crippen LogP contribution in [0, 0.1) is 40.8 Å². The molecule has 0 aliphatic rings. The summed E-state index contributed by atoms with van der Waals surface area (Å²) in [4.78, 5) is 11.1. The molecule has 0 aromatic heterocycles. The predicted octanol–water partition coefficient (Wildman–Crippen LogP) is 2.87. The fourth-order valence-electron chi connectivity index (χ4n) is 1.09. The molecule has 0 aromatic carbocycles. The number of hydrogen-bond acceptors (Lipinski definition) is 4. The van der Waals surface area contributed by atoms with Crippen molar-refractivity contribution in [1.29, 1.82) is 0 Å². The first kappa shape index (κ1) is 19.8. The molecule has 4 nitrogen and oxygen atoms in total. The molecule has 0 aliphatic carbocycles. The van der Waals surface area contributed by atoms with Crippen molar-refractivity contribution in [3.63, 3.8) is 0 Å². The van der Waals surface area contributed by atoms with E-state index in [1.807, 2.05) is 0 Å². The van der Waals surface area contributed by atoms with Gasteiger partial charge in [-0.15, -0.1) is 0 Å². The summed E-state index contributed by atoms with van der Waals surface area (Å²) in [5, 5.41) is 0. The van der Waals surface area contributed by atoms with Crippen LogP contribution in [0.1, 0.15) is 52.4 Å². The molecule has 0 heterocycles. The molecule has 0 bridgehead atoms. The molecular weight excluding hydrogens is 359 g/mol. The molecule has 96 valence electrons. The molecule has 0 atom stereocenters. The van der Waals surface area contributed by atoms with Crippen molar-refractivity contribution >= 4 is 7.82 Å². The normalized spacial score (nSPS) is 11.2. The predicted molar refractivity (Wildman–Crippen MR) is 58.6 cm³/mol. The van der Waals surface area contributed by atoms with Crippen LogP contribution in [0.15, 0.2) is 0 Å². The topological polar surface area (TPSA) is 58.6 Å². The Morgan fingerprint density at radius 1 is 0.938 bits per heavy atom. The zero-order valence-electron chi connectivity index (χ0n) is 10.2. The summed E-state index contributed by atoms with van der Waals surface area (Å²) < 4.78 is 20.5. The molecule has 0 aromatic rings. The van der Waals surface area contributed by atoms with E-state index in [9.17, 15) is 9.46 Å². The first-order valence-corrected chi connectivity index (χ1v) is 7.18. The summed E-state index contributed by atoms with van der Waals surface area (Å²) in [6.45, 7) is 4.58. The van der Waals surface area contributed by atoms with Crippen molar-refractivity contribution in [2.75, 3.05) is 13.2 Å². The van der Waals surface area contributed by atoms with E-state index in [2.05, 4.69) is 22.9 Å². The van der Waals surface area contributed by atoms with E-state index in [0.29, 0.717) is 0 Å². The third-order valence-electron chi connectivity index (χ3n) is 1.99. The van der Waals surface area contributed by atoms with Crippen molar-refractivity contribution in [2.24, 2.45) is 0 Å². The maximum Gasteiger partial charge on any atom is 0.267 e. The second-order valence-electron chi connectivity index (χ2n) is 3.53. The fourth-order valence-corrected chi connectivity index (χ4v) is 1.87. The van der Waals surface area contributed by atoms with Gasteiger partial charge < -0.3 is 13.9 Å². The Kier molecular flexibility index (Phi) is 16.0. The van der Waals surface area contributed by atoms with Crippen LogP contribution in [0.4, 0.5) is 0 Å². The molecule has 0 saturated carbocycles. The quantitative estimate of drug-likeness (QED) is 0.431. The number of rotatable bonds is 10. The Morgan fingerprint density at radius 2 is 1.31 bits per heavy atom. The van der Waals surface area contributed by atoms with Crippen molar-refractivity contribution in [3.05, 3.63) is 0 Å². The van der Waals surface area contributed by atoms with E-state index in [0.717, 1.165) is 38.5 Å². The summed E-state index contributed by atoms with van der Waals surface area (Å²) >= 11 is 0. The van der Waals surface area contributed by atoms with E-state index >= 15 is 0 Å². The van der Waals surface area contributed by atoms with Gasteiger partial charge in [-0.2, -0.15) is 0 Å². The Hall–Kier alpha value is 1.46. The molecule has 0 amide bonds. The van der Waals surface area contributed by atoms with Gasteiger partial charge in [0.1, 0.15) is 0 Å². The van der Waals surface area contributed by atoms with E-state index < -0.39 is 7.82 Å². The molecule has 0 fully saturated rings. The summed E-state index contributed by atoms with van der Waals surface area (Å²) in [6.07, 6.45) is 5.58. The van der Waals surface area contributed by atoms with Gasteiger partial charge in [-0.05, 0) is 12.8 Å². The Balaban J connectivity index is 0. The van der Waals surface area contributed by atoms with Crippen molar-refractivity contribution in [3.8, 4) is 0 Å². The summed E-state index contributed by atoms with van der Waals surface area (Å²) in [6, 6.07) is 0. The van der Waals surface area contributed by atoms with Crippen LogP contribution in [-0.2, 0) is 13.6 Å². The van der Waals surface area contributed by atoms with E-state index in [1.165, 1.54) is 0 Å². The first-order chi connectivity index (χ1) is 7.12. The third-order valence-corrected chi connectivity index (χ3v) is 2.99. The van der Waals surface area contributed by atoms with Gasteiger partial charge in [-0.25, -0.2) is 0 Å². The van der Waals surface area contributed by atoms with E-state index in [4.69, 9.17) is 0 Å². The molecule has 0 saturated heterocycles. The molecule has 0 aliphatic heterocycles. The smallest absolute Gasteiger partial charge is 0.267 e. The third kappa shape index (κ3) is 13.5. The second-order valence-corrected chi connectivity index (χ2v) is 4.94. The number of hydrogen-bond donors (Lipinski definition) is 0. The van der Waals surface area contributed by atoms with E-state index in [-0.39, 0.29) is 54.1 Å². The maximum atomic E-state index is 11.1. The fraction of sp³-hybridized carbons (Fsp3) is 1.00. The summed E-state index contributed by atoms with van der Waals surface area (Å²) in [7, 11) is -4.02. The van der Waals surface area contributed by atoms with Gasteiger partial charge >= 0.3 is 0 Å². The van der Waals surface area contributed by atoms with Crippen LogP contribution in [-0.4, -0.2) is 13.2 Å². The largest absolute Gasteiger partial charge is 0.756 e. The standard InChI is InChI=1S/C10H23O4P.Nd/c1-3-5-7-9-13-15(11,12)14-10-8-6-4-2;/h3-10H2,1-2H3,(H,11,12);/p-1. The van der Waals surface area contributed by atoms with Crippen LogP contribution < -0.4 is 4.89 Å². The van der Waals surface area contributed by atoms with Crippen LogP contribution in [0.25, 0.3) is 0 Å². The van der Waals surface area contributed by atoms with Crippen LogP contribution in [0.2, 0.25) is 0 Å². The zero-order chi connectivity index (χ0) is 11.6. The van der Waals surface area contributed by atoms with Gasteiger partial charge in [-0.3, -0.25) is 4.57 Å². The van der Waals surface area contributed by atoms with Crippen LogP contribution >= 0.6 is 7.82 Å². The monoisotopic (exact) mass is 379 g/mol. The molecule has 0 radical (unpaired) electrons. The van der Waals surface area contributed by atoms with E-state index in [1.54, 1.807) is 0 Å². The van der Waals surface area contributed by atoms with Gasteiger partial charge in [0.2, 0.25) is 0 Å². The molecule has 0 spiro atoms. The summed E-state index contributed by atoms with van der Waals surface area (Å²) in [5.74, 6) is 0. The van der Waals surface area contributed by atoms with Gasteiger partial charge in [0, 0.05) is 40.8 Å². The van der Waals surface area contributed by atoms with Crippen molar-refractivity contribution in [1.82, 2.24) is 0 Å². The van der Waals surface area contributed by atoms with Gasteiger partial charge in [-0.1, -0.05) is 39.5 Å². The molecular formula is C10H22NdO4P-. The van der Waals surface area contributed by atoms with Crippen LogP contribution in [0.3, 0.4) is 0 Å². The summed E-state index contributed by atoms with van der Waals surface area (Å²) in [5.41, 5.74) is 0. The Morgan fingerprint density at radius 3 is 1.62 bits per heavy atom. The number of unbranched alkanes of at least 4 members (excludes halogenated alkanes) is 4. The molecule has 0 rings (SSSR count). The minimum atomic E-state index is -4.02. The van der Waals surface area contributed by atoms with Crippen molar-refractivity contribution in [2.45, 2.75) is 52.4 Å². The minimum Gasteiger partial charge on any atom is -0.756 e. The Bertz CT molecular complexity index is 174. The maximum absolute atomic E-state index is 11.1. The van der Waals surface area contributed by atoms with Gasteiger partial charge in [0.05, 0.1) is 13.2 Å². The molecule has 16 heavy (non-hydrogen) atoms. The first-order valence-electron chi connectivity index (χ1n) is 5.72. The minimum absolute atomic E-state index is 0. The van der Waals surface area contributed by atoms with Crippen molar-refractivity contribution < 1.29 is 59.3 Å². The van der Waals surface area contributed by atoms with Crippen LogP contribution in [0.5, 0.6) is 0 Å². The molecule has 6 heteroatoms. The zero-order valence-corrected chi connectivity index (χ0v) is 14.3. The average Bonchev–Trinajstić information content (AvgIpc) is 2.20. The molecule has 0 unspecified atom stereocenters. The number of phosphoric ester groups is 1. The molecule has 0 N–H and O–H groups in total. The average molecular weight is 381 g/mol. The van der Waals surface area contributed by atoms with Gasteiger partial charge in [0.15, 0.2) is 0 Å². The second kappa shape index (κ2) is 12.9. The Labute approximate surface area is 132 Å².